The number of alkyl halides is 3. The Bertz CT molecular complexity index is 418. The smallest absolute Gasteiger partial charge is 0.405 e. The Morgan fingerprint density at radius 3 is 2.56 bits per heavy atom. The first-order chi connectivity index (χ1) is 8.46. The van der Waals surface area contributed by atoms with Crippen LogP contribution in [0.15, 0.2) is 29.3 Å². The molecular formula is C11H14F3N3O. The summed E-state index contributed by atoms with van der Waals surface area (Å²) in [5, 5.41) is 5.62. The molecule has 0 atom stereocenters. The van der Waals surface area contributed by atoms with Crippen LogP contribution >= 0.6 is 0 Å². The van der Waals surface area contributed by atoms with Gasteiger partial charge in [0.2, 0.25) is 0 Å². The molecule has 0 aromatic heterocycles. The summed E-state index contributed by atoms with van der Waals surface area (Å²) < 4.78 is 40.5. The van der Waals surface area contributed by atoms with E-state index >= 15 is 0 Å². The van der Waals surface area contributed by atoms with E-state index in [-0.39, 0.29) is 12.3 Å². The van der Waals surface area contributed by atoms with Gasteiger partial charge in [-0.1, -0.05) is 18.2 Å². The van der Waals surface area contributed by atoms with Gasteiger partial charge in [-0.05, 0) is 6.07 Å². The summed E-state index contributed by atoms with van der Waals surface area (Å²) in [6.45, 7) is 0.180. The summed E-state index contributed by atoms with van der Waals surface area (Å²) in [7, 11) is 3.23. The van der Waals surface area contributed by atoms with Gasteiger partial charge in [0, 0.05) is 26.2 Å². The highest BCUT2D eigenvalue weighted by Crippen LogP contribution is 2.25. The fourth-order valence-electron chi connectivity index (χ4n) is 1.33. The first-order valence-corrected chi connectivity index (χ1v) is 5.18. The highest BCUT2D eigenvalue weighted by atomic mass is 19.4. The van der Waals surface area contributed by atoms with Crippen molar-refractivity contribution < 1.29 is 17.9 Å². The van der Waals surface area contributed by atoms with Crippen LogP contribution in [0.1, 0.15) is 5.56 Å². The highest BCUT2D eigenvalue weighted by molar-refractivity contribution is 5.79. The molecule has 0 aliphatic heterocycles. The van der Waals surface area contributed by atoms with E-state index in [4.69, 9.17) is 0 Å². The number of para-hydroxylation sites is 1. The third kappa shape index (κ3) is 4.52. The molecule has 0 amide bonds. The largest absolute Gasteiger partial charge is 0.573 e. The molecule has 2 N–H and O–H groups in total. The standard InChI is InChI=1S/C11H14F3N3O/c1-15-10(16-2)17-7-8-5-3-4-6-9(8)18-11(12,13)14/h3-6H,7H2,1-2H3,(H2,15,16,17). The molecule has 0 unspecified atom stereocenters. The van der Waals surface area contributed by atoms with Gasteiger partial charge in [0.25, 0.3) is 0 Å². The third-order valence-electron chi connectivity index (χ3n) is 2.10. The average molecular weight is 261 g/mol. The molecule has 18 heavy (non-hydrogen) atoms. The van der Waals surface area contributed by atoms with E-state index in [1.807, 2.05) is 0 Å². The number of ether oxygens (including phenoxy) is 1. The van der Waals surface area contributed by atoms with Gasteiger partial charge in [0.15, 0.2) is 5.96 Å². The predicted molar refractivity (Wildman–Crippen MR) is 62.4 cm³/mol. The molecule has 0 fully saturated rings. The second-order valence-electron chi connectivity index (χ2n) is 3.33. The monoisotopic (exact) mass is 261 g/mol. The van der Waals surface area contributed by atoms with Crippen LogP contribution in [0.3, 0.4) is 0 Å². The molecule has 0 aliphatic carbocycles. The maximum absolute atomic E-state index is 12.2. The molecule has 0 saturated carbocycles. The van der Waals surface area contributed by atoms with Gasteiger partial charge in [-0.25, -0.2) is 0 Å². The molecule has 0 spiro atoms. The van der Waals surface area contributed by atoms with Gasteiger partial charge in [0.05, 0.1) is 0 Å². The lowest BCUT2D eigenvalue weighted by Gasteiger charge is -2.14. The van der Waals surface area contributed by atoms with Crippen LogP contribution in [0.4, 0.5) is 13.2 Å². The summed E-state index contributed by atoms with van der Waals surface area (Å²) >= 11 is 0. The van der Waals surface area contributed by atoms with Crippen molar-refractivity contribution in [3.8, 4) is 5.75 Å². The predicted octanol–water partition coefficient (Wildman–Crippen LogP) is 1.88. The molecule has 0 radical (unpaired) electrons. The SMILES string of the molecule is CN=C(NC)NCc1ccccc1OC(F)(F)F. The number of aliphatic imine (C=N–C) groups is 1. The van der Waals surface area contributed by atoms with Crippen molar-refractivity contribution in [1.82, 2.24) is 10.6 Å². The van der Waals surface area contributed by atoms with Gasteiger partial charge >= 0.3 is 6.36 Å². The first kappa shape index (κ1) is 14.1. The minimum Gasteiger partial charge on any atom is -0.405 e. The first-order valence-electron chi connectivity index (χ1n) is 5.18. The van der Waals surface area contributed by atoms with E-state index in [9.17, 15) is 13.2 Å². The average Bonchev–Trinajstić information content (AvgIpc) is 2.30. The molecule has 100 valence electrons. The normalized spacial score (nSPS) is 12.2. The van der Waals surface area contributed by atoms with Crippen LogP contribution in [0.5, 0.6) is 5.75 Å². The van der Waals surface area contributed by atoms with Crippen LogP contribution in [0, 0.1) is 0 Å². The molecule has 4 nitrogen and oxygen atoms in total. The molecule has 7 heteroatoms. The van der Waals surface area contributed by atoms with Gasteiger partial charge in [-0.15, -0.1) is 13.2 Å². The van der Waals surface area contributed by atoms with E-state index in [1.165, 1.54) is 12.1 Å². The van der Waals surface area contributed by atoms with E-state index in [2.05, 4.69) is 20.4 Å². The number of halogens is 3. The van der Waals surface area contributed by atoms with Crippen molar-refractivity contribution in [2.24, 2.45) is 4.99 Å². The fraction of sp³-hybridized carbons (Fsp3) is 0.364. The zero-order valence-corrected chi connectivity index (χ0v) is 10.0. The van der Waals surface area contributed by atoms with Crippen molar-refractivity contribution in [3.63, 3.8) is 0 Å². The molecule has 0 heterocycles. The van der Waals surface area contributed by atoms with Crippen LogP contribution in [0.2, 0.25) is 0 Å². The minimum absolute atomic E-state index is 0.180. The Morgan fingerprint density at radius 2 is 2.00 bits per heavy atom. The van der Waals surface area contributed by atoms with E-state index in [0.29, 0.717) is 11.5 Å². The van der Waals surface area contributed by atoms with Crippen molar-refractivity contribution >= 4 is 5.96 Å². The summed E-state index contributed by atoms with van der Waals surface area (Å²) in [6, 6.07) is 5.95. The molecule has 0 saturated heterocycles. The summed E-state index contributed by atoms with van der Waals surface area (Å²) in [4.78, 5) is 3.86. The molecular weight excluding hydrogens is 247 g/mol. The van der Waals surface area contributed by atoms with Crippen molar-refractivity contribution in [3.05, 3.63) is 29.8 Å². The maximum Gasteiger partial charge on any atom is 0.573 e. The quantitative estimate of drug-likeness (QED) is 0.645. The lowest BCUT2D eigenvalue weighted by atomic mass is 10.2. The lowest BCUT2D eigenvalue weighted by molar-refractivity contribution is -0.274. The van der Waals surface area contributed by atoms with E-state index < -0.39 is 6.36 Å². The molecule has 0 aliphatic rings. The second-order valence-corrected chi connectivity index (χ2v) is 3.33. The fourth-order valence-corrected chi connectivity index (χ4v) is 1.33. The Kier molecular flexibility index (Phi) is 4.82. The number of rotatable bonds is 3. The summed E-state index contributed by atoms with van der Waals surface area (Å²) in [5.74, 6) is 0.265. The summed E-state index contributed by atoms with van der Waals surface area (Å²) in [5.41, 5.74) is 0.395. The Morgan fingerprint density at radius 1 is 1.33 bits per heavy atom. The summed E-state index contributed by atoms with van der Waals surface area (Å²) in [6.07, 6.45) is -4.69. The number of nitrogens with one attached hydrogen (secondary N) is 2. The van der Waals surface area contributed by atoms with Crippen molar-refractivity contribution in [1.29, 1.82) is 0 Å². The van der Waals surface area contributed by atoms with Crippen molar-refractivity contribution in [2.45, 2.75) is 12.9 Å². The van der Waals surface area contributed by atoms with Gasteiger partial charge < -0.3 is 15.4 Å². The Labute approximate surface area is 103 Å². The zero-order valence-electron chi connectivity index (χ0n) is 10.0. The van der Waals surface area contributed by atoms with E-state index in [0.717, 1.165) is 0 Å². The molecule has 0 bridgehead atoms. The number of nitrogens with zero attached hydrogens (tertiary/aromatic N) is 1. The number of hydrogen-bond acceptors (Lipinski definition) is 2. The Hall–Kier alpha value is -1.92. The zero-order chi connectivity index (χ0) is 13.6. The number of benzene rings is 1. The van der Waals surface area contributed by atoms with Gasteiger partial charge in [-0.3, -0.25) is 4.99 Å². The number of guanidine groups is 1. The lowest BCUT2D eigenvalue weighted by Crippen LogP contribution is -2.34. The second kappa shape index (κ2) is 6.13. The van der Waals surface area contributed by atoms with Crippen LogP contribution < -0.4 is 15.4 Å². The van der Waals surface area contributed by atoms with Crippen LogP contribution in [0.25, 0.3) is 0 Å². The van der Waals surface area contributed by atoms with Crippen LogP contribution in [-0.2, 0) is 6.54 Å². The van der Waals surface area contributed by atoms with Crippen molar-refractivity contribution in [2.75, 3.05) is 14.1 Å². The molecule has 1 aromatic rings. The van der Waals surface area contributed by atoms with Gasteiger partial charge in [-0.2, -0.15) is 0 Å². The third-order valence-corrected chi connectivity index (χ3v) is 2.10. The highest BCUT2D eigenvalue weighted by Gasteiger charge is 2.31. The molecule has 1 rings (SSSR count). The minimum atomic E-state index is -4.69. The molecule has 1 aromatic carbocycles. The maximum atomic E-state index is 12.2. The van der Waals surface area contributed by atoms with Gasteiger partial charge in [0.1, 0.15) is 5.75 Å². The topological polar surface area (TPSA) is 45.7 Å². The van der Waals surface area contributed by atoms with E-state index in [1.54, 1.807) is 26.2 Å². The Balaban J connectivity index is 2.76. The van der Waals surface area contributed by atoms with Crippen LogP contribution in [-0.4, -0.2) is 26.4 Å². The number of hydrogen-bond donors (Lipinski definition) is 2.